The Balaban J connectivity index is 1.85. The minimum Gasteiger partial charge on any atom is -0.466 e. The van der Waals surface area contributed by atoms with E-state index in [1.54, 1.807) is 6.08 Å². The predicted molar refractivity (Wildman–Crippen MR) is 389 cm³/mol. The van der Waals surface area contributed by atoms with Gasteiger partial charge < -0.3 is 45.1 Å². The monoisotopic (exact) mass is 1300 g/mol. The average Bonchev–Trinajstić information content (AvgIpc) is 1.02. The molecule has 0 aromatic rings. The fourth-order valence-electron chi connectivity index (χ4n) is 13.2. The first-order valence-electron chi connectivity index (χ1n) is 40.6. The van der Waals surface area contributed by atoms with E-state index in [1.807, 2.05) is 6.08 Å². The summed E-state index contributed by atoms with van der Waals surface area (Å²) >= 11 is 0. The first-order chi connectivity index (χ1) is 45.2. The second-order valence-corrected chi connectivity index (χ2v) is 28.5. The Morgan fingerprint density at radius 1 is 0.391 bits per heavy atom. The van der Waals surface area contributed by atoms with Gasteiger partial charge in [-0.2, -0.15) is 0 Å². The van der Waals surface area contributed by atoms with E-state index in [9.17, 15) is 35.1 Å². The number of carbonyl (C=O) groups excluding carboxylic acids is 2. The molecule has 7 atom stereocenters. The highest BCUT2D eigenvalue weighted by Crippen LogP contribution is 2.24. The van der Waals surface area contributed by atoms with E-state index in [1.165, 1.54) is 334 Å². The fourth-order valence-corrected chi connectivity index (χ4v) is 13.2. The number of aliphatic hydroxyl groups is 5. The highest BCUT2D eigenvalue weighted by molar-refractivity contribution is 5.76. The van der Waals surface area contributed by atoms with E-state index in [-0.39, 0.29) is 18.5 Å². The molecule has 1 amide bonds. The molecule has 1 fully saturated rings. The standard InChI is InChI=1S/C81H155NO10/c1-3-5-7-9-11-13-15-16-45-49-53-57-61-65-69-77(86)90-70-66-62-58-54-50-46-43-41-39-37-35-33-31-29-27-25-23-21-19-17-18-20-22-24-26-28-30-32-34-36-38-40-42-44-48-52-56-60-64-68-76(85)82-73(72-91-81-80(89)79(88)78(87)75(71-83)92-81)74(84)67-63-59-55-51-47-14-12-10-8-6-4-2/h15-16,63,67,73-75,78-81,83-84,87-89H,3-14,17-62,64-66,68-72H2,1-2H3,(H,82,85)/b16-15-,67-63+. The van der Waals surface area contributed by atoms with E-state index in [4.69, 9.17) is 14.2 Å². The van der Waals surface area contributed by atoms with Crippen LogP contribution in [0, 0.1) is 0 Å². The lowest BCUT2D eigenvalue weighted by molar-refractivity contribution is -0.302. The zero-order valence-corrected chi connectivity index (χ0v) is 60.8. The maximum Gasteiger partial charge on any atom is 0.305 e. The number of aliphatic hydroxyl groups excluding tert-OH is 5. The van der Waals surface area contributed by atoms with Gasteiger partial charge in [-0.15, -0.1) is 0 Å². The van der Waals surface area contributed by atoms with Crippen molar-refractivity contribution >= 4 is 11.9 Å². The maximum absolute atomic E-state index is 13.1. The summed E-state index contributed by atoms with van der Waals surface area (Å²) in [4.78, 5) is 25.1. The summed E-state index contributed by atoms with van der Waals surface area (Å²) in [5, 5.41) is 54.5. The van der Waals surface area contributed by atoms with Gasteiger partial charge in [-0.3, -0.25) is 9.59 Å². The van der Waals surface area contributed by atoms with Crippen molar-refractivity contribution in [1.29, 1.82) is 0 Å². The molecule has 0 aromatic carbocycles. The number of esters is 1. The van der Waals surface area contributed by atoms with Gasteiger partial charge in [0.1, 0.15) is 24.4 Å². The van der Waals surface area contributed by atoms with Gasteiger partial charge in [0.25, 0.3) is 0 Å². The van der Waals surface area contributed by atoms with Crippen LogP contribution in [0.1, 0.15) is 418 Å². The van der Waals surface area contributed by atoms with E-state index >= 15 is 0 Å². The Hall–Kier alpha value is -1.86. The van der Waals surface area contributed by atoms with Crippen LogP contribution < -0.4 is 5.32 Å². The summed E-state index contributed by atoms with van der Waals surface area (Å²) < 4.78 is 16.8. The van der Waals surface area contributed by atoms with Crippen molar-refractivity contribution in [2.45, 2.75) is 461 Å². The molecule has 6 N–H and O–H groups in total. The van der Waals surface area contributed by atoms with Crippen LogP contribution in [0.15, 0.2) is 24.3 Å². The van der Waals surface area contributed by atoms with Crippen LogP contribution in [0.25, 0.3) is 0 Å². The number of amides is 1. The molecule has 1 aliphatic heterocycles. The third kappa shape index (κ3) is 58.3. The van der Waals surface area contributed by atoms with Crippen LogP contribution >= 0.6 is 0 Å². The third-order valence-electron chi connectivity index (χ3n) is 19.6. The van der Waals surface area contributed by atoms with Crippen LogP contribution in [0.4, 0.5) is 0 Å². The zero-order valence-electron chi connectivity index (χ0n) is 60.8. The van der Waals surface area contributed by atoms with Crippen molar-refractivity contribution in [3.05, 3.63) is 24.3 Å². The van der Waals surface area contributed by atoms with Gasteiger partial charge in [0, 0.05) is 12.8 Å². The van der Waals surface area contributed by atoms with E-state index in [0.29, 0.717) is 19.4 Å². The lowest BCUT2D eigenvalue weighted by Crippen LogP contribution is -2.60. The molecule has 11 nitrogen and oxygen atoms in total. The lowest BCUT2D eigenvalue weighted by Gasteiger charge is -2.40. The van der Waals surface area contributed by atoms with Gasteiger partial charge >= 0.3 is 5.97 Å². The Kier molecular flexibility index (Phi) is 67.5. The molecular formula is C81H155NO10. The quantitative estimate of drug-likeness (QED) is 0.0195. The molecule has 0 spiro atoms. The first kappa shape index (κ1) is 88.2. The number of allylic oxidation sites excluding steroid dienone is 3. The molecule has 1 aliphatic rings. The van der Waals surface area contributed by atoms with Crippen LogP contribution in [0.2, 0.25) is 0 Å². The fraction of sp³-hybridized carbons (Fsp3) is 0.926. The Morgan fingerprint density at radius 3 is 1.04 bits per heavy atom. The van der Waals surface area contributed by atoms with Crippen LogP contribution in [-0.4, -0.2) is 100 Å². The van der Waals surface area contributed by atoms with Crippen LogP contribution in [-0.2, 0) is 23.8 Å². The Bertz CT molecular complexity index is 1580. The molecule has 1 heterocycles. The molecule has 7 unspecified atom stereocenters. The topological polar surface area (TPSA) is 175 Å². The summed E-state index contributed by atoms with van der Waals surface area (Å²) in [5.41, 5.74) is 0. The second kappa shape index (κ2) is 70.5. The van der Waals surface area contributed by atoms with Crippen molar-refractivity contribution in [1.82, 2.24) is 5.32 Å². The molecule has 1 saturated heterocycles. The van der Waals surface area contributed by atoms with Crippen molar-refractivity contribution < 1.29 is 49.3 Å². The summed E-state index contributed by atoms with van der Waals surface area (Å²) in [6.07, 6.45) is 80.9. The number of rotatable bonds is 73. The molecular weight excluding hydrogens is 1150 g/mol. The molecule has 0 aromatic heterocycles. The largest absolute Gasteiger partial charge is 0.466 e. The molecule has 92 heavy (non-hydrogen) atoms. The average molecular weight is 1300 g/mol. The minimum atomic E-state index is -1.57. The molecule has 0 aliphatic carbocycles. The SMILES string of the molecule is CCCCCCC/C=C\CCCCCCCC(=O)OCCCCCCCCCCCCCCCCCCCCCCCCCCCCCCCCCCCCCCCCCC(=O)NC(COC1OC(CO)C(O)C(O)C1O)C(O)/C=C/CCCCCCCCCCC. The molecule has 1 rings (SSSR count). The molecule has 0 radical (unpaired) electrons. The van der Waals surface area contributed by atoms with Gasteiger partial charge in [0.15, 0.2) is 6.29 Å². The summed E-state index contributed by atoms with van der Waals surface area (Å²) in [6.45, 7) is 4.38. The second-order valence-electron chi connectivity index (χ2n) is 28.5. The van der Waals surface area contributed by atoms with Crippen molar-refractivity contribution in [2.24, 2.45) is 0 Å². The first-order valence-corrected chi connectivity index (χ1v) is 40.6. The summed E-state index contributed by atoms with van der Waals surface area (Å²) in [7, 11) is 0. The van der Waals surface area contributed by atoms with Crippen LogP contribution in [0.5, 0.6) is 0 Å². The molecule has 0 bridgehead atoms. The van der Waals surface area contributed by atoms with E-state index in [0.717, 1.165) is 57.8 Å². The number of hydrogen-bond acceptors (Lipinski definition) is 10. The third-order valence-corrected chi connectivity index (χ3v) is 19.6. The molecule has 0 saturated carbocycles. The van der Waals surface area contributed by atoms with Gasteiger partial charge in [0.05, 0.1) is 32.0 Å². The predicted octanol–water partition coefficient (Wildman–Crippen LogP) is 21.9. The smallest absolute Gasteiger partial charge is 0.305 e. The number of ether oxygens (including phenoxy) is 3. The normalized spacial score (nSPS) is 17.6. The highest BCUT2D eigenvalue weighted by atomic mass is 16.7. The van der Waals surface area contributed by atoms with E-state index in [2.05, 4.69) is 31.3 Å². The van der Waals surface area contributed by atoms with Crippen molar-refractivity contribution in [3.63, 3.8) is 0 Å². The van der Waals surface area contributed by atoms with Gasteiger partial charge in [0.2, 0.25) is 5.91 Å². The Labute approximate surface area is 569 Å². The van der Waals surface area contributed by atoms with Gasteiger partial charge in [-0.1, -0.05) is 372 Å². The maximum atomic E-state index is 13.1. The summed E-state index contributed by atoms with van der Waals surface area (Å²) in [6, 6.07) is -0.804. The Morgan fingerprint density at radius 2 is 0.696 bits per heavy atom. The van der Waals surface area contributed by atoms with Gasteiger partial charge in [-0.25, -0.2) is 0 Å². The number of nitrogens with one attached hydrogen (secondary N) is 1. The van der Waals surface area contributed by atoms with Crippen molar-refractivity contribution in [3.8, 4) is 0 Å². The lowest BCUT2D eigenvalue weighted by atomic mass is 9.99. The van der Waals surface area contributed by atoms with Crippen molar-refractivity contribution in [2.75, 3.05) is 19.8 Å². The van der Waals surface area contributed by atoms with Crippen LogP contribution in [0.3, 0.4) is 0 Å². The minimum absolute atomic E-state index is 0.0105. The molecule has 544 valence electrons. The highest BCUT2D eigenvalue weighted by Gasteiger charge is 2.44. The van der Waals surface area contributed by atoms with Gasteiger partial charge in [-0.05, 0) is 57.8 Å². The molecule has 11 heteroatoms. The number of unbranched alkanes of at least 4 members (excludes halogenated alkanes) is 57. The number of carbonyl (C=O) groups is 2. The zero-order chi connectivity index (χ0) is 66.5. The summed E-state index contributed by atoms with van der Waals surface area (Å²) in [5.74, 6) is -0.163. The van der Waals surface area contributed by atoms with E-state index < -0.39 is 49.5 Å². The number of hydrogen-bond donors (Lipinski definition) is 6.